The number of allylic oxidation sites excluding steroid dienone is 2. The van der Waals surface area contributed by atoms with Crippen molar-refractivity contribution in [3.63, 3.8) is 0 Å². The molecule has 1 saturated heterocycles. The first kappa shape index (κ1) is 21.3. The molecule has 1 amide bonds. The Bertz CT molecular complexity index is 913. The highest BCUT2D eigenvalue weighted by Gasteiger charge is 2.33. The number of amides is 1. The number of carbonyl (C=O) groups is 1. The summed E-state index contributed by atoms with van der Waals surface area (Å²) in [6.07, 6.45) is 0.382. The molecule has 0 radical (unpaired) electrons. The second kappa shape index (κ2) is 8.94. The molecule has 9 heteroatoms. The van der Waals surface area contributed by atoms with E-state index in [0.717, 1.165) is 11.3 Å². The number of aliphatic imine (C=N–C) groups is 1. The zero-order valence-corrected chi connectivity index (χ0v) is 17.1. The molecule has 1 atom stereocenters. The average Bonchev–Trinajstić information content (AvgIpc) is 3.07. The summed E-state index contributed by atoms with van der Waals surface area (Å²) in [4.78, 5) is 19.1. The third kappa shape index (κ3) is 4.60. The molecule has 2 aliphatic heterocycles. The van der Waals surface area contributed by atoms with Crippen LogP contribution in [0, 0.1) is 5.82 Å². The average molecular weight is 423 g/mol. The molecule has 1 aromatic rings. The van der Waals surface area contributed by atoms with Crippen molar-refractivity contribution < 1.29 is 19.0 Å². The molecule has 0 spiro atoms. The maximum Gasteiger partial charge on any atom is 0.257 e. The number of nitrogens with one attached hydrogen (secondary N) is 1. The lowest BCUT2D eigenvalue weighted by Crippen LogP contribution is -2.32. The van der Waals surface area contributed by atoms with E-state index in [2.05, 4.69) is 10.3 Å². The molecule has 1 fully saturated rings. The summed E-state index contributed by atoms with van der Waals surface area (Å²) in [6.45, 7) is 4.38. The standard InChI is InChI=1S/C20H24ClFN4O3/c1-11-18(21)12(2)25-19(24-11)15-9-26(10-16(15)23)20(28)14-5-4-13(22)8-17(14)29-7-3-6-27/h4-5,8,16,24,27H,3,6-7,9-10,23H2,1-2H3/b19-15+. The fourth-order valence-electron chi connectivity index (χ4n) is 3.25. The summed E-state index contributed by atoms with van der Waals surface area (Å²) >= 11 is 6.18. The highest BCUT2D eigenvalue weighted by Crippen LogP contribution is 2.28. The van der Waals surface area contributed by atoms with Crippen molar-refractivity contribution in [2.75, 3.05) is 26.3 Å². The lowest BCUT2D eigenvalue weighted by molar-refractivity contribution is 0.0789. The Morgan fingerprint density at radius 1 is 1.48 bits per heavy atom. The van der Waals surface area contributed by atoms with Crippen molar-refractivity contribution in [2.24, 2.45) is 10.7 Å². The zero-order chi connectivity index (χ0) is 21.1. The van der Waals surface area contributed by atoms with Gasteiger partial charge in [0.2, 0.25) is 0 Å². The maximum absolute atomic E-state index is 13.6. The van der Waals surface area contributed by atoms with Crippen LogP contribution in [0.15, 0.2) is 45.3 Å². The Kier molecular flexibility index (Phi) is 6.56. The van der Waals surface area contributed by atoms with E-state index in [4.69, 9.17) is 27.2 Å². The van der Waals surface area contributed by atoms with Crippen LogP contribution >= 0.6 is 11.6 Å². The van der Waals surface area contributed by atoms with Gasteiger partial charge in [-0.1, -0.05) is 11.6 Å². The van der Waals surface area contributed by atoms with E-state index in [1.165, 1.54) is 18.2 Å². The normalized spacial score (nSPS) is 21.9. The zero-order valence-electron chi connectivity index (χ0n) is 16.3. The van der Waals surface area contributed by atoms with E-state index < -0.39 is 5.82 Å². The number of benzene rings is 1. The number of hydrogen-bond acceptors (Lipinski definition) is 6. The van der Waals surface area contributed by atoms with Gasteiger partial charge in [-0.3, -0.25) is 4.79 Å². The van der Waals surface area contributed by atoms with E-state index in [9.17, 15) is 9.18 Å². The number of nitrogens with two attached hydrogens (primary N) is 1. The third-order valence-electron chi connectivity index (χ3n) is 4.78. The lowest BCUT2D eigenvalue weighted by Gasteiger charge is -2.20. The van der Waals surface area contributed by atoms with Crippen LogP contribution in [0.2, 0.25) is 0 Å². The summed E-state index contributed by atoms with van der Waals surface area (Å²) in [6, 6.07) is 3.40. The largest absolute Gasteiger partial charge is 0.493 e. The van der Waals surface area contributed by atoms with E-state index in [-0.39, 0.29) is 43.0 Å². The SMILES string of the molecule is CC1=N/C(=C2\CN(C(=O)c3ccc(F)cc3OCCCO)CC2N)NC(C)=C1Cl. The minimum atomic E-state index is -0.503. The molecule has 2 heterocycles. The van der Waals surface area contributed by atoms with Crippen LogP contribution in [0.5, 0.6) is 5.75 Å². The third-order valence-corrected chi connectivity index (χ3v) is 5.34. The number of aliphatic hydroxyl groups is 1. The predicted octanol–water partition coefficient (Wildman–Crippen LogP) is 2.12. The second-order valence-electron chi connectivity index (χ2n) is 6.99. The number of likely N-dealkylation sites (tertiary alicyclic amines) is 1. The molecule has 0 aliphatic carbocycles. The first-order chi connectivity index (χ1) is 13.8. The smallest absolute Gasteiger partial charge is 0.257 e. The van der Waals surface area contributed by atoms with Gasteiger partial charge in [0.25, 0.3) is 5.91 Å². The molecule has 4 N–H and O–H groups in total. The van der Waals surface area contributed by atoms with Crippen LogP contribution in [0.4, 0.5) is 4.39 Å². The van der Waals surface area contributed by atoms with Gasteiger partial charge in [0, 0.05) is 49.5 Å². The van der Waals surface area contributed by atoms with Gasteiger partial charge in [-0.05, 0) is 26.0 Å². The first-order valence-electron chi connectivity index (χ1n) is 9.32. The quantitative estimate of drug-likeness (QED) is 0.631. The Balaban J connectivity index is 1.83. The van der Waals surface area contributed by atoms with Crippen molar-refractivity contribution >= 4 is 23.2 Å². The Morgan fingerprint density at radius 3 is 2.93 bits per heavy atom. The molecule has 1 aromatic carbocycles. The highest BCUT2D eigenvalue weighted by atomic mass is 35.5. The van der Waals surface area contributed by atoms with Crippen LogP contribution < -0.4 is 15.8 Å². The lowest BCUT2D eigenvalue weighted by atomic mass is 10.1. The Morgan fingerprint density at radius 2 is 2.24 bits per heavy atom. The minimum Gasteiger partial charge on any atom is -0.493 e. The van der Waals surface area contributed by atoms with Gasteiger partial charge in [0.1, 0.15) is 17.4 Å². The van der Waals surface area contributed by atoms with Crippen molar-refractivity contribution in [2.45, 2.75) is 26.3 Å². The van der Waals surface area contributed by atoms with Crippen LogP contribution in [-0.2, 0) is 0 Å². The Hall–Kier alpha value is -2.42. The highest BCUT2D eigenvalue weighted by molar-refractivity contribution is 6.43. The van der Waals surface area contributed by atoms with Crippen molar-refractivity contribution in [1.82, 2.24) is 10.2 Å². The Labute approximate surface area is 173 Å². The van der Waals surface area contributed by atoms with Gasteiger partial charge >= 0.3 is 0 Å². The van der Waals surface area contributed by atoms with Crippen molar-refractivity contribution in [1.29, 1.82) is 0 Å². The molecular weight excluding hydrogens is 399 g/mol. The summed E-state index contributed by atoms with van der Waals surface area (Å²) < 4.78 is 19.2. The molecular formula is C20H24ClFN4O3. The van der Waals surface area contributed by atoms with Crippen LogP contribution in [0.25, 0.3) is 0 Å². The van der Waals surface area contributed by atoms with Gasteiger partial charge < -0.3 is 25.8 Å². The summed E-state index contributed by atoms with van der Waals surface area (Å²) in [5.74, 6) is -0.0623. The first-order valence-corrected chi connectivity index (χ1v) is 9.69. The number of aliphatic hydroxyl groups excluding tert-OH is 1. The fourth-order valence-corrected chi connectivity index (χ4v) is 3.34. The molecule has 2 aliphatic rings. The van der Waals surface area contributed by atoms with Crippen LogP contribution in [-0.4, -0.2) is 54.0 Å². The van der Waals surface area contributed by atoms with Gasteiger partial charge in [-0.25, -0.2) is 9.38 Å². The number of rotatable bonds is 5. The molecule has 7 nitrogen and oxygen atoms in total. The second-order valence-corrected chi connectivity index (χ2v) is 7.37. The van der Waals surface area contributed by atoms with E-state index in [1.54, 1.807) is 4.90 Å². The van der Waals surface area contributed by atoms with E-state index in [1.807, 2.05) is 13.8 Å². The van der Waals surface area contributed by atoms with Gasteiger partial charge in [0.05, 0.1) is 22.9 Å². The molecule has 156 valence electrons. The number of hydrogen-bond donors (Lipinski definition) is 3. The molecule has 29 heavy (non-hydrogen) atoms. The van der Waals surface area contributed by atoms with Crippen LogP contribution in [0.3, 0.4) is 0 Å². The molecule has 0 aromatic heterocycles. The monoisotopic (exact) mass is 422 g/mol. The number of nitrogens with zero attached hydrogens (tertiary/aromatic N) is 2. The maximum atomic E-state index is 13.6. The predicted molar refractivity (Wildman–Crippen MR) is 109 cm³/mol. The van der Waals surface area contributed by atoms with Crippen molar-refractivity contribution in [3.8, 4) is 5.75 Å². The fraction of sp³-hybridized carbons (Fsp3) is 0.400. The molecule has 3 rings (SSSR count). The van der Waals surface area contributed by atoms with E-state index >= 15 is 0 Å². The molecule has 0 bridgehead atoms. The summed E-state index contributed by atoms with van der Waals surface area (Å²) in [7, 11) is 0. The summed E-state index contributed by atoms with van der Waals surface area (Å²) in [5.41, 5.74) is 8.77. The van der Waals surface area contributed by atoms with Crippen LogP contribution in [0.1, 0.15) is 30.6 Å². The molecule has 0 saturated carbocycles. The minimum absolute atomic E-state index is 0.0542. The number of carbonyl (C=O) groups excluding carboxylic acids is 1. The number of halogens is 2. The van der Waals surface area contributed by atoms with Gasteiger partial charge in [0.15, 0.2) is 0 Å². The van der Waals surface area contributed by atoms with Gasteiger partial charge in [-0.2, -0.15) is 0 Å². The van der Waals surface area contributed by atoms with Gasteiger partial charge in [-0.15, -0.1) is 0 Å². The topological polar surface area (TPSA) is 100 Å². The van der Waals surface area contributed by atoms with E-state index in [0.29, 0.717) is 29.5 Å². The molecule has 1 unspecified atom stereocenters. The van der Waals surface area contributed by atoms with Crippen molar-refractivity contribution in [3.05, 3.63) is 51.7 Å². The number of ether oxygens (including phenoxy) is 1. The summed E-state index contributed by atoms with van der Waals surface area (Å²) in [5, 5.41) is 12.6.